The molecule has 0 spiro atoms. The first kappa shape index (κ1) is 19.8. The highest BCUT2D eigenvalue weighted by Crippen LogP contribution is 2.23. The Morgan fingerprint density at radius 2 is 1.83 bits per heavy atom. The largest absolute Gasteiger partial charge is 0.474 e. The zero-order valence-corrected chi connectivity index (χ0v) is 17.6. The van der Waals surface area contributed by atoms with Crippen LogP contribution >= 0.6 is 11.8 Å². The normalized spacial score (nSPS) is 16.0. The number of aliphatic imine (C=N–C) groups is 1. The molecule has 1 aliphatic rings. The number of aromatic nitrogens is 1. The summed E-state index contributed by atoms with van der Waals surface area (Å²) >= 11 is 1.91. The summed E-state index contributed by atoms with van der Waals surface area (Å²) in [5, 5.41) is 0. The van der Waals surface area contributed by atoms with Crippen LogP contribution in [0.1, 0.15) is 27.9 Å². The Morgan fingerprint density at radius 3 is 2.59 bits per heavy atom. The van der Waals surface area contributed by atoms with E-state index >= 15 is 0 Å². The molecule has 1 atom stereocenters. The van der Waals surface area contributed by atoms with Crippen molar-refractivity contribution in [1.29, 1.82) is 0 Å². The fourth-order valence-electron chi connectivity index (χ4n) is 3.55. The Hall–Kier alpha value is -2.53. The lowest BCUT2D eigenvalue weighted by atomic mass is 10.1. The summed E-state index contributed by atoms with van der Waals surface area (Å²) in [6, 6.07) is 17.3. The van der Waals surface area contributed by atoms with Crippen LogP contribution < -0.4 is 0 Å². The third-order valence-electron chi connectivity index (χ3n) is 5.23. The fourth-order valence-corrected chi connectivity index (χ4v) is 4.77. The van der Waals surface area contributed by atoms with Gasteiger partial charge >= 0.3 is 0 Å². The third-order valence-corrected chi connectivity index (χ3v) is 6.34. The van der Waals surface area contributed by atoms with E-state index in [9.17, 15) is 4.39 Å². The van der Waals surface area contributed by atoms with Gasteiger partial charge in [-0.3, -0.25) is 0 Å². The summed E-state index contributed by atoms with van der Waals surface area (Å²) in [4.78, 5) is 4.82. The second-order valence-corrected chi connectivity index (χ2v) is 8.46. The van der Waals surface area contributed by atoms with E-state index in [0.29, 0.717) is 19.0 Å². The van der Waals surface area contributed by atoms with E-state index in [1.807, 2.05) is 42.2 Å². The van der Waals surface area contributed by atoms with Crippen LogP contribution in [0.5, 0.6) is 0 Å². The van der Waals surface area contributed by atoms with Gasteiger partial charge in [0.05, 0.1) is 6.04 Å². The van der Waals surface area contributed by atoms with Gasteiger partial charge in [-0.05, 0) is 60.4 Å². The molecule has 2 heterocycles. The summed E-state index contributed by atoms with van der Waals surface area (Å²) in [6.45, 7) is 5.63. The van der Waals surface area contributed by atoms with E-state index in [2.05, 4.69) is 36.6 Å². The number of nitrogens with zero attached hydrogens (tertiary/aromatic N) is 2. The number of rotatable bonds is 7. The van der Waals surface area contributed by atoms with Crippen molar-refractivity contribution in [2.75, 3.05) is 12.4 Å². The summed E-state index contributed by atoms with van der Waals surface area (Å²) in [7, 11) is 0. The Labute approximate surface area is 175 Å². The van der Waals surface area contributed by atoms with E-state index in [1.54, 1.807) is 0 Å². The number of thioether (sulfide) groups is 1. The number of ether oxygens (including phenoxy) is 1. The molecule has 0 aliphatic carbocycles. The van der Waals surface area contributed by atoms with Crippen molar-refractivity contribution in [1.82, 2.24) is 4.57 Å². The minimum atomic E-state index is -0.216. The van der Waals surface area contributed by atoms with E-state index in [4.69, 9.17) is 9.73 Å². The van der Waals surface area contributed by atoms with Gasteiger partial charge in [-0.15, -0.1) is 0 Å². The molecule has 0 bridgehead atoms. The lowest BCUT2D eigenvalue weighted by molar-refractivity contribution is 0.323. The van der Waals surface area contributed by atoms with Gasteiger partial charge in [-0.1, -0.05) is 30.3 Å². The quantitative estimate of drug-likeness (QED) is 0.525. The molecule has 1 aliphatic heterocycles. The van der Waals surface area contributed by atoms with Crippen LogP contribution in [-0.4, -0.2) is 28.9 Å². The van der Waals surface area contributed by atoms with Crippen molar-refractivity contribution in [3.63, 3.8) is 0 Å². The summed E-state index contributed by atoms with van der Waals surface area (Å²) in [5.41, 5.74) is 6.14. The highest BCUT2D eigenvalue weighted by molar-refractivity contribution is 7.98. The van der Waals surface area contributed by atoms with Gasteiger partial charge < -0.3 is 9.30 Å². The molecule has 5 heteroatoms. The van der Waals surface area contributed by atoms with Gasteiger partial charge in [0.2, 0.25) is 5.90 Å². The van der Waals surface area contributed by atoms with Crippen LogP contribution in [-0.2, 0) is 17.0 Å². The molecule has 0 saturated heterocycles. The highest BCUT2D eigenvalue weighted by atomic mass is 32.2. The highest BCUT2D eigenvalue weighted by Gasteiger charge is 2.22. The molecule has 4 rings (SSSR count). The van der Waals surface area contributed by atoms with Crippen molar-refractivity contribution in [3.8, 4) is 0 Å². The van der Waals surface area contributed by atoms with Gasteiger partial charge in [0, 0.05) is 24.2 Å². The molecular weight excluding hydrogens is 383 g/mol. The minimum Gasteiger partial charge on any atom is -0.474 e. The zero-order chi connectivity index (χ0) is 20.2. The predicted octanol–water partition coefficient (Wildman–Crippen LogP) is 5.37. The zero-order valence-electron chi connectivity index (χ0n) is 16.8. The monoisotopic (exact) mass is 408 g/mol. The van der Waals surface area contributed by atoms with Crippen LogP contribution in [0.25, 0.3) is 0 Å². The molecule has 0 radical (unpaired) electrons. The fraction of sp³-hybridized carbons (Fsp3) is 0.292. The first-order valence-electron chi connectivity index (χ1n) is 9.83. The van der Waals surface area contributed by atoms with Crippen molar-refractivity contribution in [3.05, 3.63) is 94.6 Å². The molecule has 0 amide bonds. The Bertz CT molecular complexity index is 990. The van der Waals surface area contributed by atoms with Gasteiger partial charge in [0.25, 0.3) is 0 Å². The summed E-state index contributed by atoms with van der Waals surface area (Å²) in [6.07, 6.45) is 2.01. The van der Waals surface area contributed by atoms with Crippen molar-refractivity contribution in [2.24, 2.45) is 4.99 Å². The molecule has 150 valence electrons. The molecule has 0 unspecified atom stereocenters. The van der Waals surface area contributed by atoms with E-state index in [0.717, 1.165) is 22.8 Å². The van der Waals surface area contributed by atoms with Gasteiger partial charge in [0.1, 0.15) is 18.1 Å². The second-order valence-electron chi connectivity index (χ2n) is 7.43. The Kier molecular flexibility index (Phi) is 6.05. The molecule has 0 fully saturated rings. The minimum absolute atomic E-state index is 0.175. The van der Waals surface area contributed by atoms with Gasteiger partial charge in [-0.2, -0.15) is 11.8 Å². The number of benzene rings is 2. The van der Waals surface area contributed by atoms with E-state index in [-0.39, 0.29) is 11.9 Å². The van der Waals surface area contributed by atoms with E-state index in [1.165, 1.54) is 28.8 Å². The molecule has 3 nitrogen and oxygen atoms in total. The SMILES string of the molecule is Cc1cccc(C)c1CSC[C@H]1COC(c2cccn2Cc2ccc(F)cc2)=N1. The van der Waals surface area contributed by atoms with Crippen LogP contribution in [0, 0.1) is 19.7 Å². The van der Waals surface area contributed by atoms with Crippen LogP contribution in [0.3, 0.4) is 0 Å². The first-order valence-corrected chi connectivity index (χ1v) is 11.0. The summed E-state index contributed by atoms with van der Waals surface area (Å²) in [5.74, 6) is 2.43. The van der Waals surface area contributed by atoms with Crippen molar-refractivity contribution < 1.29 is 9.13 Å². The maximum atomic E-state index is 13.1. The molecule has 0 saturated carbocycles. The second kappa shape index (κ2) is 8.87. The van der Waals surface area contributed by atoms with Gasteiger partial charge in [-0.25, -0.2) is 9.38 Å². The number of aryl methyl sites for hydroxylation is 2. The summed E-state index contributed by atoms with van der Waals surface area (Å²) < 4.78 is 21.1. The number of hydrogen-bond acceptors (Lipinski definition) is 3. The van der Waals surface area contributed by atoms with Crippen LogP contribution in [0.15, 0.2) is 65.8 Å². The van der Waals surface area contributed by atoms with Crippen molar-refractivity contribution >= 4 is 17.7 Å². The Balaban J connectivity index is 1.38. The predicted molar refractivity (Wildman–Crippen MR) is 118 cm³/mol. The maximum absolute atomic E-state index is 13.1. The first-order chi connectivity index (χ1) is 14.1. The molecular formula is C24H25FN2OS. The average molecular weight is 409 g/mol. The van der Waals surface area contributed by atoms with E-state index < -0.39 is 0 Å². The lowest BCUT2D eigenvalue weighted by Gasteiger charge is -2.10. The molecule has 3 aromatic rings. The topological polar surface area (TPSA) is 26.5 Å². The smallest absolute Gasteiger partial charge is 0.233 e. The molecule has 1 aromatic heterocycles. The maximum Gasteiger partial charge on any atom is 0.233 e. The van der Waals surface area contributed by atoms with Crippen LogP contribution in [0.2, 0.25) is 0 Å². The standard InChI is InChI=1S/C24H25FN2OS/c1-17-5-3-6-18(2)22(17)16-29-15-21-14-28-24(26-21)23-7-4-12-27(23)13-19-8-10-20(25)11-9-19/h3-12,21H,13-16H2,1-2H3/t21-/m1/s1. The number of halogens is 1. The van der Waals surface area contributed by atoms with Gasteiger partial charge in [0.15, 0.2) is 0 Å². The Morgan fingerprint density at radius 1 is 1.07 bits per heavy atom. The number of hydrogen-bond donors (Lipinski definition) is 0. The molecule has 29 heavy (non-hydrogen) atoms. The van der Waals surface area contributed by atoms with Crippen LogP contribution in [0.4, 0.5) is 4.39 Å². The lowest BCUT2D eigenvalue weighted by Crippen LogP contribution is -2.11. The molecule has 2 aromatic carbocycles. The van der Waals surface area contributed by atoms with Crippen molar-refractivity contribution in [2.45, 2.75) is 32.2 Å². The molecule has 0 N–H and O–H groups in total. The average Bonchev–Trinajstić information content (AvgIpc) is 3.35. The third kappa shape index (κ3) is 4.73.